The van der Waals surface area contributed by atoms with E-state index in [1.165, 1.54) is 35.3 Å². The first-order chi connectivity index (χ1) is 11.0. The Labute approximate surface area is 142 Å². The molecule has 2 aromatic rings. The van der Waals surface area contributed by atoms with Gasteiger partial charge in [0.2, 0.25) is 0 Å². The average molecular weight is 309 g/mol. The van der Waals surface area contributed by atoms with Crippen LogP contribution in [0.25, 0.3) is 0 Å². The van der Waals surface area contributed by atoms with Crippen LogP contribution in [0.5, 0.6) is 0 Å². The van der Waals surface area contributed by atoms with Crippen LogP contribution in [0.2, 0.25) is 0 Å². The topological polar surface area (TPSA) is 3.24 Å². The van der Waals surface area contributed by atoms with Gasteiger partial charge >= 0.3 is 0 Å². The molecule has 0 heterocycles. The van der Waals surface area contributed by atoms with Gasteiger partial charge in [0.15, 0.2) is 0 Å². The fourth-order valence-electron chi connectivity index (χ4n) is 3.12. The lowest BCUT2D eigenvalue weighted by molar-refractivity contribution is 0.560. The molecule has 0 radical (unpaired) electrons. The van der Waals surface area contributed by atoms with Gasteiger partial charge in [0.25, 0.3) is 0 Å². The molecule has 0 amide bonds. The molecule has 0 aliphatic rings. The molecule has 0 atom stereocenters. The largest absolute Gasteiger partial charge is 0.336 e. The third-order valence-corrected chi connectivity index (χ3v) is 4.14. The van der Waals surface area contributed by atoms with Gasteiger partial charge in [-0.2, -0.15) is 0 Å². The van der Waals surface area contributed by atoms with Crippen molar-refractivity contribution in [2.75, 3.05) is 4.90 Å². The minimum Gasteiger partial charge on any atom is -0.336 e. The number of anilines is 2. The van der Waals surface area contributed by atoms with E-state index in [0.717, 1.165) is 12.8 Å². The molecule has 0 unspecified atom stereocenters. The number of nitrogens with zero attached hydrogens (tertiary/aromatic N) is 1. The van der Waals surface area contributed by atoms with Gasteiger partial charge < -0.3 is 4.90 Å². The SMILES string of the molecule is CCCc1ccc(N(c2ccc(CCC)cc2)C(C)(C)C)cc1. The second kappa shape index (κ2) is 7.68. The summed E-state index contributed by atoms with van der Waals surface area (Å²) in [5, 5.41) is 0. The van der Waals surface area contributed by atoms with E-state index in [9.17, 15) is 0 Å². The Bertz CT molecular complexity index is 538. The summed E-state index contributed by atoms with van der Waals surface area (Å²) < 4.78 is 0. The third-order valence-electron chi connectivity index (χ3n) is 4.14. The Balaban J connectivity index is 2.33. The summed E-state index contributed by atoms with van der Waals surface area (Å²) in [7, 11) is 0. The van der Waals surface area contributed by atoms with Crippen LogP contribution >= 0.6 is 0 Å². The monoisotopic (exact) mass is 309 g/mol. The average Bonchev–Trinajstić information content (AvgIpc) is 2.50. The van der Waals surface area contributed by atoms with Crippen molar-refractivity contribution in [2.45, 2.75) is 65.8 Å². The van der Waals surface area contributed by atoms with Crippen molar-refractivity contribution in [2.24, 2.45) is 0 Å². The van der Waals surface area contributed by atoms with E-state index >= 15 is 0 Å². The zero-order chi connectivity index (χ0) is 16.9. The van der Waals surface area contributed by atoms with Crippen molar-refractivity contribution in [3.63, 3.8) is 0 Å². The predicted octanol–water partition coefficient (Wildman–Crippen LogP) is 6.53. The third kappa shape index (κ3) is 4.60. The van der Waals surface area contributed by atoms with Crippen molar-refractivity contribution >= 4 is 11.4 Å². The zero-order valence-corrected chi connectivity index (χ0v) is 15.4. The van der Waals surface area contributed by atoms with Crippen LogP contribution in [0.3, 0.4) is 0 Å². The molecule has 0 aromatic heterocycles. The molecule has 1 nitrogen and oxygen atoms in total. The van der Waals surface area contributed by atoms with Gasteiger partial charge in [0.1, 0.15) is 0 Å². The Kier molecular flexibility index (Phi) is 5.87. The minimum atomic E-state index is 0.0402. The van der Waals surface area contributed by atoms with Gasteiger partial charge in [-0.15, -0.1) is 0 Å². The van der Waals surface area contributed by atoms with Crippen LogP contribution < -0.4 is 4.90 Å². The molecule has 0 spiro atoms. The van der Waals surface area contributed by atoms with Crippen molar-refractivity contribution in [3.05, 3.63) is 59.7 Å². The molecule has 0 saturated heterocycles. The Morgan fingerprint density at radius 2 is 1.00 bits per heavy atom. The highest BCUT2D eigenvalue weighted by Crippen LogP contribution is 2.33. The van der Waals surface area contributed by atoms with E-state index in [2.05, 4.69) is 88.0 Å². The van der Waals surface area contributed by atoms with Crippen LogP contribution in [0.15, 0.2) is 48.5 Å². The van der Waals surface area contributed by atoms with Gasteiger partial charge in [0.05, 0.1) is 0 Å². The van der Waals surface area contributed by atoms with E-state index in [0.29, 0.717) is 0 Å². The first kappa shape index (κ1) is 17.6. The summed E-state index contributed by atoms with van der Waals surface area (Å²) in [5.41, 5.74) is 5.41. The quantitative estimate of drug-likeness (QED) is 0.586. The van der Waals surface area contributed by atoms with Crippen LogP contribution in [-0.4, -0.2) is 5.54 Å². The predicted molar refractivity (Wildman–Crippen MR) is 103 cm³/mol. The molecule has 0 fully saturated rings. The molecule has 23 heavy (non-hydrogen) atoms. The maximum atomic E-state index is 2.43. The number of rotatable bonds is 6. The summed E-state index contributed by atoms with van der Waals surface area (Å²) >= 11 is 0. The van der Waals surface area contributed by atoms with E-state index in [-0.39, 0.29) is 5.54 Å². The fourth-order valence-corrected chi connectivity index (χ4v) is 3.12. The van der Waals surface area contributed by atoms with Crippen molar-refractivity contribution in [1.29, 1.82) is 0 Å². The molecular weight excluding hydrogens is 278 g/mol. The second-order valence-corrected chi connectivity index (χ2v) is 7.34. The maximum absolute atomic E-state index is 2.43. The van der Waals surface area contributed by atoms with Crippen molar-refractivity contribution < 1.29 is 0 Å². The fraction of sp³-hybridized carbons (Fsp3) is 0.455. The van der Waals surface area contributed by atoms with Crippen molar-refractivity contribution in [1.82, 2.24) is 0 Å². The van der Waals surface area contributed by atoms with Gasteiger partial charge in [-0.05, 0) is 69.0 Å². The molecule has 1 heteroatoms. The zero-order valence-electron chi connectivity index (χ0n) is 15.4. The summed E-state index contributed by atoms with van der Waals surface area (Å²) in [6.07, 6.45) is 4.70. The Hall–Kier alpha value is -1.76. The molecule has 124 valence electrons. The maximum Gasteiger partial charge on any atom is 0.0416 e. The summed E-state index contributed by atoms with van der Waals surface area (Å²) in [6, 6.07) is 18.1. The van der Waals surface area contributed by atoms with Crippen LogP contribution in [0.4, 0.5) is 11.4 Å². The second-order valence-electron chi connectivity index (χ2n) is 7.34. The smallest absolute Gasteiger partial charge is 0.0416 e. The summed E-state index contributed by atoms with van der Waals surface area (Å²) in [6.45, 7) is 11.3. The Morgan fingerprint density at radius 1 is 0.652 bits per heavy atom. The summed E-state index contributed by atoms with van der Waals surface area (Å²) in [5.74, 6) is 0. The lowest BCUT2D eigenvalue weighted by Crippen LogP contribution is -2.37. The lowest BCUT2D eigenvalue weighted by atomic mass is 10.0. The van der Waals surface area contributed by atoms with Crippen LogP contribution in [0, 0.1) is 0 Å². The van der Waals surface area contributed by atoms with E-state index < -0.39 is 0 Å². The standard InChI is InChI=1S/C22H31N/c1-6-8-18-10-14-20(15-11-18)23(22(3,4)5)21-16-12-19(9-7-2)13-17-21/h10-17H,6-9H2,1-5H3. The number of aryl methyl sites for hydroxylation is 2. The van der Waals surface area contributed by atoms with Gasteiger partial charge in [-0.25, -0.2) is 0 Å². The normalized spacial score (nSPS) is 11.5. The number of hydrogen-bond acceptors (Lipinski definition) is 1. The molecular formula is C22H31N. The molecule has 0 aliphatic heterocycles. The Morgan fingerprint density at radius 3 is 1.26 bits per heavy atom. The first-order valence-corrected chi connectivity index (χ1v) is 8.93. The van der Waals surface area contributed by atoms with Crippen LogP contribution in [0.1, 0.15) is 58.6 Å². The lowest BCUT2D eigenvalue weighted by Gasteiger charge is -2.38. The first-order valence-electron chi connectivity index (χ1n) is 8.93. The summed E-state index contributed by atoms with van der Waals surface area (Å²) in [4.78, 5) is 2.43. The highest BCUT2D eigenvalue weighted by molar-refractivity contribution is 5.65. The van der Waals surface area contributed by atoms with E-state index in [4.69, 9.17) is 0 Å². The molecule has 2 aromatic carbocycles. The molecule has 2 rings (SSSR count). The van der Waals surface area contributed by atoms with Gasteiger partial charge in [0, 0.05) is 16.9 Å². The van der Waals surface area contributed by atoms with Crippen LogP contribution in [-0.2, 0) is 12.8 Å². The van der Waals surface area contributed by atoms with Gasteiger partial charge in [-0.1, -0.05) is 51.0 Å². The molecule has 0 saturated carbocycles. The highest BCUT2D eigenvalue weighted by atomic mass is 15.2. The van der Waals surface area contributed by atoms with E-state index in [1.54, 1.807) is 0 Å². The van der Waals surface area contributed by atoms with Gasteiger partial charge in [-0.3, -0.25) is 0 Å². The minimum absolute atomic E-state index is 0.0402. The number of benzene rings is 2. The highest BCUT2D eigenvalue weighted by Gasteiger charge is 2.23. The van der Waals surface area contributed by atoms with Crippen molar-refractivity contribution in [3.8, 4) is 0 Å². The number of hydrogen-bond donors (Lipinski definition) is 0. The molecule has 0 aliphatic carbocycles. The van der Waals surface area contributed by atoms with E-state index in [1.807, 2.05) is 0 Å². The molecule has 0 bridgehead atoms. The molecule has 0 N–H and O–H groups in total.